The summed E-state index contributed by atoms with van der Waals surface area (Å²) in [7, 11) is 1.61. The first kappa shape index (κ1) is 8.87. The second-order valence-corrected chi connectivity index (χ2v) is 3.56. The summed E-state index contributed by atoms with van der Waals surface area (Å²) in [6.07, 6.45) is 3.75. The fraction of sp³-hybridized carbons (Fsp3) is 0.286. The van der Waals surface area contributed by atoms with Crippen molar-refractivity contribution in [1.29, 1.82) is 0 Å². The van der Waals surface area contributed by atoms with E-state index in [1.165, 1.54) is 0 Å². The van der Waals surface area contributed by atoms with Gasteiger partial charge in [0.2, 0.25) is 5.88 Å². The molecule has 0 aliphatic carbocycles. The quantitative estimate of drug-likeness (QED) is 0.734. The van der Waals surface area contributed by atoms with E-state index in [1.54, 1.807) is 25.1 Å². The van der Waals surface area contributed by atoms with E-state index >= 15 is 0 Å². The topological polar surface area (TPSA) is 22.1 Å². The Hall–Kier alpha value is -0.220. The molecular formula is C7H8BrNOS. The number of methoxy groups -OCH3 is 1. The Labute approximate surface area is 78.5 Å². The second kappa shape index (κ2) is 3.97. The van der Waals surface area contributed by atoms with Crippen LogP contribution in [0.1, 0.15) is 0 Å². The maximum atomic E-state index is 4.97. The monoisotopic (exact) mass is 233 g/mol. The first-order chi connectivity index (χ1) is 5.27. The highest BCUT2D eigenvalue weighted by atomic mass is 79.9. The molecule has 0 aromatic carbocycles. The van der Waals surface area contributed by atoms with Crippen LogP contribution in [-0.4, -0.2) is 18.3 Å². The van der Waals surface area contributed by atoms with Crippen LogP contribution in [-0.2, 0) is 0 Å². The Morgan fingerprint density at radius 1 is 1.64 bits per heavy atom. The molecule has 1 aromatic heterocycles. The summed E-state index contributed by atoms with van der Waals surface area (Å²) in [4.78, 5) is 5.16. The number of thioether (sulfide) groups is 1. The van der Waals surface area contributed by atoms with E-state index in [1.807, 2.05) is 12.3 Å². The minimum absolute atomic E-state index is 0.651. The standard InChI is InChI=1S/C7H8BrNOS/c1-10-7-3-6(11-2)5(8)4-9-7/h3-4H,1-2H3. The number of ether oxygens (including phenoxy) is 1. The molecule has 0 saturated heterocycles. The Morgan fingerprint density at radius 2 is 2.36 bits per heavy atom. The molecule has 11 heavy (non-hydrogen) atoms. The third-order valence-electron chi connectivity index (χ3n) is 1.22. The lowest BCUT2D eigenvalue weighted by atomic mass is 10.5. The predicted octanol–water partition coefficient (Wildman–Crippen LogP) is 2.57. The van der Waals surface area contributed by atoms with Crippen molar-refractivity contribution in [2.75, 3.05) is 13.4 Å². The summed E-state index contributed by atoms with van der Waals surface area (Å²) < 4.78 is 5.97. The van der Waals surface area contributed by atoms with Gasteiger partial charge in [0.15, 0.2) is 0 Å². The molecule has 1 rings (SSSR count). The van der Waals surface area contributed by atoms with Gasteiger partial charge in [0, 0.05) is 21.6 Å². The van der Waals surface area contributed by atoms with Gasteiger partial charge in [-0.25, -0.2) is 4.98 Å². The largest absolute Gasteiger partial charge is 0.481 e. The van der Waals surface area contributed by atoms with Crippen molar-refractivity contribution in [3.63, 3.8) is 0 Å². The van der Waals surface area contributed by atoms with E-state index in [4.69, 9.17) is 4.74 Å². The van der Waals surface area contributed by atoms with E-state index in [2.05, 4.69) is 20.9 Å². The number of aromatic nitrogens is 1. The van der Waals surface area contributed by atoms with Gasteiger partial charge in [-0.05, 0) is 22.2 Å². The molecule has 1 heterocycles. The van der Waals surface area contributed by atoms with Crippen LogP contribution in [0.3, 0.4) is 0 Å². The van der Waals surface area contributed by atoms with E-state index in [9.17, 15) is 0 Å². The van der Waals surface area contributed by atoms with Crippen LogP contribution < -0.4 is 4.74 Å². The highest BCUT2D eigenvalue weighted by Gasteiger charge is 2.00. The van der Waals surface area contributed by atoms with Crippen LogP contribution in [0.25, 0.3) is 0 Å². The number of hydrogen-bond acceptors (Lipinski definition) is 3. The van der Waals surface area contributed by atoms with Gasteiger partial charge in [-0.3, -0.25) is 0 Å². The zero-order chi connectivity index (χ0) is 8.27. The molecule has 1 aromatic rings. The molecular weight excluding hydrogens is 226 g/mol. The molecule has 0 unspecified atom stereocenters. The zero-order valence-corrected chi connectivity index (χ0v) is 8.70. The summed E-state index contributed by atoms with van der Waals surface area (Å²) in [5.41, 5.74) is 0. The molecule has 0 aliphatic rings. The molecule has 0 N–H and O–H groups in total. The van der Waals surface area contributed by atoms with Crippen molar-refractivity contribution in [2.24, 2.45) is 0 Å². The number of rotatable bonds is 2. The van der Waals surface area contributed by atoms with Crippen molar-refractivity contribution < 1.29 is 4.74 Å². The van der Waals surface area contributed by atoms with Crippen molar-refractivity contribution in [1.82, 2.24) is 4.98 Å². The van der Waals surface area contributed by atoms with Crippen LogP contribution in [0.5, 0.6) is 5.88 Å². The van der Waals surface area contributed by atoms with Crippen molar-refractivity contribution in [2.45, 2.75) is 4.90 Å². The Morgan fingerprint density at radius 3 is 2.91 bits per heavy atom. The molecule has 0 aliphatic heterocycles. The molecule has 0 fully saturated rings. The smallest absolute Gasteiger partial charge is 0.214 e. The van der Waals surface area contributed by atoms with Crippen LogP contribution in [0, 0.1) is 0 Å². The molecule has 0 spiro atoms. The van der Waals surface area contributed by atoms with Crippen molar-refractivity contribution in [3.8, 4) is 5.88 Å². The summed E-state index contributed by atoms with van der Waals surface area (Å²) >= 11 is 5.04. The van der Waals surface area contributed by atoms with Crippen LogP contribution in [0.2, 0.25) is 0 Å². The van der Waals surface area contributed by atoms with Gasteiger partial charge >= 0.3 is 0 Å². The van der Waals surface area contributed by atoms with Gasteiger partial charge in [0.25, 0.3) is 0 Å². The van der Waals surface area contributed by atoms with Gasteiger partial charge < -0.3 is 4.74 Å². The zero-order valence-electron chi connectivity index (χ0n) is 6.30. The fourth-order valence-electron chi connectivity index (χ4n) is 0.670. The van der Waals surface area contributed by atoms with E-state index in [-0.39, 0.29) is 0 Å². The molecule has 2 nitrogen and oxygen atoms in total. The van der Waals surface area contributed by atoms with E-state index in [0.29, 0.717) is 5.88 Å². The molecule has 60 valence electrons. The first-order valence-corrected chi connectivity index (χ1v) is 5.03. The third-order valence-corrected chi connectivity index (χ3v) is 2.90. The average molecular weight is 234 g/mol. The number of nitrogens with zero attached hydrogens (tertiary/aromatic N) is 1. The maximum Gasteiger partial charge on any atom is 0.214 e. The molecule has 0 saturated carbocycles. The third kappa shape index (κ3) is 2.10. The van der Waals surface area contributed by atoms with E-state index < -0.39 is 0 Å². The summed E-state index contributed by atoms with van der Waals surface area (Å²) in [6, 6.07) is 1.90. The second-order valence-electron chi connectivity index (χ2n) is 1.86. The molecule has 0 amide bonds. The van der Waals surface area contributed by atoms with Crippen LogP contribution in [0.4, 0.5) is 0 Å². The number of pyridine rings is 1. The minimum atomic E-state index is 0.651. The summed E-state index contributed by atoms with van der Waals surface area (Å²) in [5, 5.41) is 0. The highest BCUT2D eigenvalue weighted by molar-refractivity contribution is 9.10. The summed E-state index contributed by atoms with van der Waals surface area (Å²) in [5.74, 6) is 0.651. The molecule has 0 radical (unpaired) electrons. The fourth-order valence-corrected chi connectivity index (χ4v) is 1.84. The Balaban J connectivity index is 3.02. The summed E-state index contributed by atoms with van der Waals surface area (Å²) in [6.45, 7) is 0. The number of hydrogen-bond donors (Lipinski definition) is 0. The SMILES string of the molecule is COc1cc(SC)c(Br)cn1. The van der Waals surface area contributed by atoms with Crippen molar-refractivity contribution in [3.05, 3.63) is 16.7 Å². The normalized spacial score (nSPS) is 9.73. The minimum Gasteiger partial charge on any atom is -0.481 e. The van der Waals surface area contributed by atoms with Crippen molar-refractivity contribution >= 4 is 27.7 Å². The predicted molar refractivity (Wildman–Crippen MR) is 50.3 cm³/mol. The molecule has 0 bridgehead atoms. The Bertz CT molecular complexity index is 254. The Kier molecular flexibility index (Phi) is 3.20. The van der Waals surface area contributed by atoms with E-state index in [0.717, 1.165) is 9.37 Å². The number of halogens is 1. The lowest BCUT2D eigenvalue weighted by molar-refractivity contribution is 0.396. The maximum absolute atomic E-state index is 4.97. The lowest BCUT2D eigenvalue weighted by Gasteiger charge is -2.02. The molecule has 0 atom stereocenters. The highest BCUT2D eigenvalue weighted by Crippen LogP contribution is 2.27. The van der Waals surface area contributed by atoms with Gasteiger partial charge in [-0.15, -0.1) is 11.8 Å². The van der Waals surface area contributed by atoms with Crippen LogP contribution >= 0.6 is 27.7 Å². The molecule has 4 heteroatoms. The van der Waals surface area contributed by atoms with Crippen LogP contribution in [0.15, 0.2) is 21.6 Å². The average Bonchev–Trinajstić information content (AvgIpc) is 2.05. The van der Waals surface area contributed by atoms with Gasteiger partial charge in [-0.2, -0.15) is 0 Å². The first-order valence-electron chi connectivity index (χ1n) is 3.01. The lowest BCUT2D eigenvalue weighted by Crippen LogP contribution is -1.87. The van der Waals surface area contributed by atoms with Gasteiger partial charge in [0.1, 0.15) is 0 Å². The van der Waals surface area contributed by atoms with Gasteiger partial charge in [-0.1, -0.05) is 0 Å². The van der Waals surface area contributed by atoms with Gasteiger partial charge in [0.05, 0.1) is 7.11 Å².